The van der Waals surface area contributed by atoms with Crippen molar-refractivity contribution in [2.24, 2.45) is 0 Å². The van der Waals surface area contributed by atoms with Crippen LogP contribution in [0.4, 0.5) is 15.9 Å². The second-order valence-corrected chi connectivity index (χ2v) is 5.37. The van der Waals surface area contributed by atoms with Gasteiger partial charge in [0.05, 0.1) is 16.8 Å². The summed E-state index contributed by atoms with van der Waals surface area (Å²) in [6.45, 7) is 0. The van der Waals surface area contributed by atoms with Crippen molar-refractivity contribution in [2.75, 3.05) is 10.5 Å². The molecule has 0 radical (unpaired) electrons. The Labute approximate surface area is 108 Å². The van der Waals surface area contributed by atoms with Crippen molar-refractivity contribution in [2.45, 2.75) is 4.90 Å². The highest BCUT2D eigenvalue weighted by atomic mass is 32.2. The highest BCUT2D eigenvalue weighted by Crippen LogP contribution is 2.24. The molecule has 0 aliphatic heterocycles. The zero-order valence-corrected chi connectivity index (χ0v) is 10.4. The predicted octanol–water partition coefficient (Wildman–Crippen LogP) is 1.31. The third kappa shape index (κ3) is 2.91. The Morgan fingerprint density at radius 2 is 2.00 bits per heavy atom. The number of nitrogens with one attached hydrogen (secondary N) is 1. The van der Waals surface area contributed by atoms with Gasteiger partial charge in [0.25, 0.3) is 10.0 Å². The molecule has 0 atom stereocenters. The van der Waals surface area contributed by atoms with E-state index in [-0.39, 0.29) is 22.2 Å². The maximum absolute atomic E-state index is 12.7. The number of aromatic hydroxyl groups is 1. The molecule has 6 nitrogen and oxygen atoms in total. The Morgan fingerprint density at radius 3 is 2.58 bits per heavy atom. The van der Waals surface area contributed by atoms with Crippen LogP contribution in [0.3, 0.4) is 0 Å². The zero-order chi connectivity index (χ0) is 14.0. The molecule has 0 spiro atoms. The zero-order valence-electron chi connectivity index (χ0n) is 9.54. The van der Waals surface area contributed by atoms with E-state index in [2.05, 4.69) is 9.71 Å². The van der Waals surface area contributed by atoms with Crippen LogP contribution >= 0.6 is 0 Å². The summed E-state index contributed by atoms with van der Waals surface area (Å²) in [6.07, 6.45) is 0.892. The minimum Gasteiger partial charge on any atom is -0.506 e. The Balaban J connectivity index is 2.32. The lowest BCUT2D eigenvalue weighted by atomic mass is 10.3. The summed E-state index contributed by atoms with van der Waals surface area (Å²) >= 11 is 0. The maximum Gasteiger partial charge on any atom is 0.263 e. The van der Waals surface area contributed by atoms with Gasteiger partial charge in [0.2, 0.25) is 0 Å². The largest absolute Gasteiger partial charge is 0.506 e. The molecule has 4 N–H and O–H groups in total. The lowest BCUT2D eigenvalue weighted by molar-refractivity contribution is 0.477. The molecule has 0 unspecified atom stereocenters. The number of phenolic OH excluding ortho intramolecular Hbond substituents is 1. The number of halogens is 1. The Kier molecular flexibility index (Phi) is 3.26. The standard InChI is InChI=1S/C11H10FN3O3S/c12-7-1-4-11(14-6-7)15-19(17,18)8-2-3-10(16)9(13)5-8/h1-6,16H,13H2,(H,14,15). The van der Waals surface area contributed by atoms with E-state index in [1.54, 1.807) is 0 Å². The van der Waals surface area contributed by atoms with Crippen molar-refractivity contribution in [1.29, 1.82) is 0 Å². The monoisotopic (exact) mass is 283 g/mol. The van der Waals surface area contributed by atoms with Crippen molar-refractivity contribution in [3.63, 3.8) is 0 Å². The molecule has 1 aromatic carbocycles. The smallest absolute Gasteiger partial charge is 0.263 e. The van der Waals surface area contributed by atoms with Crippen molar-refractivity contribution >= 4 is 21.5 Å². The fourth-order valence-electron chi connectivity index (χ4n) is 1.33. The molecule has 2 aromatic rings. The molecular weight excluding hydrogens is 273 g/mol. The van der Waals surface area contributed by atoms with Gasteiger partial charge in [0.15, 0.2) is 0 Å². The van der Waals surface area contributed by atoms with Crippen LogP contribution in [-0.4, -0.2) is 18.5 Å². The van der Waals surface area contributed by atoms with Gasteiger partial charge in [-0.2, -0.15) is 0 Å². The minimum absolute atomic E-state index is 0.0203. The second kappa shape index (κ2) is 4.73. The highest BCUT2D eigenvalue weighted by molar-refractivity contribution is 7.92. The number of aromatic nitrogens is 1. The average molecular weight is 283 g/mol. The normalized spacial score (nSPS) is 11.2. The van der Waals surface area contributed by atoms with Crippen molar-refractivity contribution < 1.29 is 17.9 Å². The van der Waals surface area contributed by atoms with E-state index >= 15 is 0 Å². The predicted molar refractivity (Wildman–Crippen MR) is 67.5 cm³/mol. The summed E-state index contributed by atoms with van der Waals surface area (Å²) < 4.78 is 38.8. The quantitative estimate of drug-likeness (QED) is 0.582. The van der Waals surface area contributed by atoms with Gasteiger partial charge in [-0.1, -0.05) is 0 Å². The number of anilines is 2. The van der Waals surface area contributed by atoms with Gasteiger partial charge in [-0.05, 0) is 30.3 Å². The van der Waals surface area contributed by atoms with Crippen LogP contribution in [0.15, 0.2) is 41.4 Å². The molecule has 0 fully saturated rings. The highest BCUT2D eigenvalue weighted by Gasteiger charge is 2.16. The number of nitrogens with zero attached hydrogens (tertiary/aromatic N) is 1. The molecule has 1 aromatic heterocycles. The number of hydrogen-bond acceptors (Lipinski definition) is 5. The third-order valence-electron chi connectivity index (χ3n) is 2.28. The fraction of sp³-hybridized carbons (Fsp3) is 0. The second-order valence-electron chi connectivity index (χ2n) is 3.69. The molecule has 0 aliphatic carbocycles. The van der Waals surface area contributed by atoms with Crippen LogP contribution < -0.4 is 10.5 Å². The molecule has 1 heterocycles. The topological polar surface area (TPSA) is 105 Å². The third-order valence-corrected chi connectivity index (χ3v) is 3.63. The first-order valence-corrected chi connectivity index (χ1v) is 6.60. The summed E-state index contributed by atoms with van der Waals surface area (Å²) in [4.78, 5) is 3.45. The van der Waals surface area contributed by atoms with Crippen LogP contribution in [-0.2, 0) is 10.0 Å². The van der Waals surface area contributed by atoms with Crippen molar-refractivity contribution in [1.82, 2.24) is 4.98 Å². The van der Waals surface area contributed by atoms with Crippen LogP contribution in [0.2, 0.25) is 0 Å². The SMILES string of the molecule is Nc1cc(S(=O)(=O)Nc2ccc(F)cn2)ccc1O. The molecule has 0 bridgehead atoms. The number of hydrogen-bond donors (Lipinski definition) is 3. The van der Waals surface area contributed by atoms with Crippen LogP contribution in [0, 0.1) is 5.82 Å². The van der Waals surface area contributed by atoms with Gasteiger partial charge in [-0.3, -0.25) is 4.72 Å². The molecule has 0 aliphatic rings. The van der Waals surface area contributed by atoms with Crippen LogP contribution in [0.25, 0.3) is 0 Å². The number of benzene rings is 1. The van der Waals surface area contributed by atoms with E-state index in [1.807, 2.05) is 0 Å². The lowest BCUT2D eigenvalue weighted by Gasteiger charge is -2.08. The van der Waals surface area contributed by atoms with E-state index in [9.17, 15) is 17.9 Å². The van der Waals surface area contributed by atoms with E-state index in [4.69, 9.17) is 5.73 Å². The number of phenols is 1. The summed E-state index contributed by atoms with van der Waals surface area (Å²) in [5, 5.41) is 9.24. The van der Waals surface area contributed by atoms with E-state index in [0.717, 1.165) is 18.3 Å². The number of sulfonamides is 1. The minimum atomic E-state index is -3.89. The van der Waals surface area contributed by atoms with Crippen LogP contribution in [0.1, 0.15) is 0 Å². The summed E-state index contributed by atoms with van der Waals surface area (Å²) in [6, 6.07) is 5.74. The Bertz CT molecular complexity index is 702. The number of rotatable bonds is 3. The fourth-order valence-corrected chi connectivity index (χ4v) is 2.38. The van der Waals surface area contributed by atoms with Crippen molar-refractivity contribution in [3.05, 3.63) is 42.3 Å². The van der Waals surface area contributed by atoms with Gasteiger partial charge in [-0.15, -0.1) is 0 Å². The average Bonchev–Trinajstić information content (AvgIpc) is 2.35. The summed E-state index contributed by atoms with van der Waals surface area (Å²) in [5.74, 6) is -0.802. The summed E-state index contributed by atoms with van der Waals surface area (Å²) in [5.41, 5.74) is 5.36. The maximum atomic E-state index is 12.7. The van der Waals surface area contributed by atoms with Gasteiger partial charge in [-0.25, -0.2) is 17.8 Å². The molecule has 0 amide bonds. The molecule has 100 valence electrons. The van der Waals surface area contributed by atoms with Gasteiger partial charge in [0.1, 0.15) is 17.4 Å². The first-order chi connectivity index (χ1) is 8.88. The lowest BCUT2D eigenvalue weighted by Crippen LogP contribution is -2.14. The first kappa shape index (κ1) is 13.1. The first-order valence-electron chi connectivity index (χ1n) is 5.11. The Hall–Kier alpha value is -2.35. The summed E-state index contributed by atoms with van der Waals surface area (Å²) in [7, 11) is -3.89. The molecule has 0 saturated carbocycles. The number of nitrogen functional groups attached to an aromatic ring is 1. The van der Waals surface area contributed by atoms with E-state index in [1.165, 1.54) is 18.2 Å². The van der Waals surface area contributed by atoms with Gasteiger partial charge < -0.3 is 10.8 Å². The number of nitrogens with two attached hydrogens (primary N) is 1. The molecule has 0 saturated heterocycles. The van der Waals surface area contributed by atoms with Gasteiger partial charge >= 0.3 is 0 Å². The van der Waals surface area contributed by atoms with Gasteiger partial charge in [0, 0.05) is 0 Å². The molecule has 19 heavy (non-hydrogen) atoms. The van der Waals surface area contributed by atoms with Crippen LogP contribution in [0.5, 0.6) is 5.75 Å². The van der Waals surface area contributed by atoms with E-state index in [0.29, 0.717) is 0 Å². The molecule has 8 heteroatoms. The Morgan fingerprint density at radius 1 is 1.26 bits per heavy atom. The molecule has 2 rings (SSSR count). The number of pyridine rings is 1. The van der Waals surface area contributed by atoms with E-state index < -0.39 is 15.8 Å². The van der Waals surface area contributed by atoms with Crippen molar-refractivity contribution in [3.8, 4) is 5.75 Å². The molecular formula is C11H10FN3O3S.